The van der Waals surface area contributed by atoms with Crippen molar-refractivity contribution in [3.8, 4) is 43.8 Å². The van der Waals surface area contributed by atoms with Crippen molar-refractivity contribution < 1.29 is 47.7 Å². The number of rotatable bonds is 16. The van der Waals surface area contributed by atoms with Gasteiger partial charge in [0.2, 0.25) is 10.8 Å². The molecule has 3 aromatic heterocycles. The number of aliphatic imine (C=N–C) groups is 2. The van der Waals surface area contributed by atoms with E-state index in [1.807, 2.05) is 24.3 Å². The Kier molecular flexibility index (Phi) is 16.0. The first-order valence-corrected chi connectivity index (χ1v) is 30.0. The lowest BCUT2D eigenvalue weighted by Crippen LogP contribution is -2.50. The summed E-state index contributed by atoms with van der Waals surface area (Å²) in [7, 11) is 0. The number of ether oxygens (including phenoxy) is 4. The zero-order chi connectivity index (χ0) is 59.6. The Morgan fingerprint density at radius 3 is 1.02 bits per heavy atom. The van der Waals surface area contributed by atoms with Gasteiger partial charge < -0.3 is 18.9 Å². The number of fused-ring (bicyclic) bond motifs is 7. The fourth-order valence-corrected chi connectivity index (χ4v) is 16.3. The molecule has 11 rings (SSSR count). The molecule has 23 heteroatoms. The number of thioether (sulfide) groups is 2. The number of carbonyl (C=O) groups is 6. The minimum atomic E-state index is -2.68. The van der Waals surface area contributed by atoms with Gasteiger partial charge in [0, 0.05) is 35.3 Å². The molecule has 0 unspecified atom stereocenters. The third kappa shape index (κ3) is 9.87. The molecule has 5 heterocycles. The van der Waals surface area contributed by atoms with Crippen molar-refractivity contribution in [2.24, 2.45) is 9.98 Å². The summed E-state index contributed by atoms with van der Waals surface area (Å²) in [6.45, 7) is 2.11. The van der Waals surface area contributed by atoms with E-state index in [-0.39, 0.29) is 123 Å². The van der Waals surface area contributed by atoms with Crippen LogP contribution in [0.2, 0.25) is 0 Å². The Labute approximate surface area is 505 Å². The highest BCUT2D eigenvalue weighted by Crippen LogP contribution is 2.68. The van der Waals surface area contributed by atoms with Crippen LogP contribution in [0.4, 0.5) is 10.0 Å². The van der Waals surface area contributed by atoms with E-state index < -0.39 is 46.5 Å². The van der Waals surface area contributed by atoms with Crippen LogP contribution in [0.1, 0.15) is 58.4 Å². The number of allylic oxidation sites excluding steroid dienone is 2. The fraction of sp³-hybridized carbons (Fsp3) is 0.161. The number of nitrogens with zero attached hydrogens (tertiary/aromatic N) is 8. The number of hydrogen-bond acceptors (Lipinski definition) is 21. The van der Waals surface area contributed by atoms with E-state index >= 15 is 19.2 Å². The molecule has 2 saturated heterocycles. The molecule has 0 spiro atoms. The molecule has 85 heavy (non-hydrogen) atoms. The number of amides is 2. The molecule has 7 aromatic rings. The molecule has 4 aromatic carbocycles. The van der Waals surface area contributed by atoms with Gasteiger partial charge in [-0.15, -0.1) is 34.0 Å². The lowest BCUT2D eigenvalue weighted by atomic mass is 9.70. The lowest BCUT2D eigenvalue weighted by Gasteiger charge is -2.32. The lowest BCUT2D eigenvalue weighted by molar-refractivity contribution is -0.167. The number of thiophene rings is 3. The topological polar surface area (TPSA) is 266 Å². The second kappa shape index (κ2) is 23.9. The first-order chi connectivity index (χ1) is 41.3. The van der Waals surface area contributed by atoms with Crippen LogP contribution in [0.5, 0.6) is 0 Å². The van der Waals surface area contributed by atoms with Gasteiger partial charge in [-0.2, -0.15) is 21.0 Å². The number of nitriles is 4. The Balaban J connectivity index is 1.19. The van der Waals surface area contributed by atoms with Crippen molar-refractivity contribution >= 4 is 113 Å². The van der Waals surface area contributed by atoms with E-state index in [1.165, 1.54) is 21.9 Å². The molecule has 18 nitrogen and oxygen atoms in total. The predicted molar refractivity (Wildman–Crippen MR) is 318 cm³/mol. The SMILES string of the molecule is CCN1C(=O)C(=Nc2cc3c(s2)-c2sc4c(c2C3(C(=O)OCc2ccccc2)C(=O)OCc2ccccc2)C(C(=O)OCc2ccccc2)(C(=O)OCc2ccccc2)c2cc(N=C3SC(=C(C#N)C#N)N(CC)C3=O)sc2-4)SC1=C(C#N)C#N. The summed E-state index contributed by atoms with van der Waals surface area (Å²) in [4.78, 5) is 105. The number of carbonyl (C=O) groups excluding carboxylic acids is 6. The summed E-state index contributed by atoms with van der Waals surface area (Å²) >= 11 is 4.65. The second-order valence-corrected chi connectivity index (χ2v) is 23.9. The maximum atomic E-state index is 16.1. The van der Waals surface area contributed by atoms with Gasteiger partial charge in [-0.25, -0.2) is 9.98 Å². The number of hydrogen-bond donors (Lipinski definition) is 0. The third-order valence-corrected chi connectivity index (χ3v) is 19.8. The zero-order valence-electron chi connectivity index (χ0n) is 44.6. The van der Waals surface area contributed by atoms with Crippen LogP contribution >= 0.6 is 57.5 Å². The third-order valence-electron chi connectivity index (χ3n) is 14.1. The van der Waals surface area contributed by atoms with Gasteiger partial charge in [-0.1, -0.05) is 121 Å². The van der Waals surface area contributed by atoms with E-state index in [0.29, 0.717) is 22.3 Å². The fourth-order valence-electron chi connectivity index (χ4n) is 10.2. The molecule has 2 aliphatic heterocycles. The largest absolute Gasteiger partial charge is 0.459 e. The van der Waals surface area contributed by atoms with E-state index in [4.69, 9.17) is 28.9 Å². The quantitative estimate of drug-likeness (QED) is 0.0377. The van der Waals surface area contributed by atoms with E-state index in [1.54, 1.807) is 135 Å². The standard InChI is InChI=1S/C62H40N8O10S5/c1-3-69-53(71)51(84-55(69)39(27-63)28-64)67-43-25-41-47(81-43)49-45(61(41,57(73)77-31-35-17-9-5-10-18-35)58(74)78-32-36-19-11-6-12-20-36)46-50(83-49)48-42(26-44(82-48)68-52-54(72)70(4-2)56(85-52)40(29-65)30-66)62(46,59(75)79-33-37-21-13-7-14-22-37)60(76)80-34-38-23-15-8-16-24-38/h5-26H,3-4,31-34H2,1-2H3. The monoisotopic (exact) mass is 1220 g/mol. The summed E-state index contributed by atoms with van der Waals surface area (Å²) in [6.07, 6.45) is 0. The van der Waals surface area contributed by atoms with Crippen LogP contribution in [0, 0.1) is 45.3 Å². The van der Waals surface area contributed by atoms with Crippen LogP contribution in [0.25, 0.3) is 19.5 Å². The summed E-state index contributed by atoms with van der Waals surface area (Å²) in [5.74, 6) is -5.84. The number of esters is 4. The first-order valence-electron chi connectivity index (χ1n) is 25.9. The van der Waals surface area contributed by atoms with Gasteiger partial charge in [-0.05, 0) is 71.8 Å². The van der Waals surface area contributed by atoms with Crippen molar-refractivity contribution in [3.63, 3.8) is 0 Å². The van der Waals surface area contributed by atoms with E-state index in [2.05, 4.69) is 0 Å². The van der Waals surface area contributed by atoms with Crippen molar-refractivity contribution in [1.29, 1.82) is 21.0 Å². The minimum Gasteiger partial charge on any atom is -0.459 e. The highest BCUT2D eigenvalue weighted by atomic mass is 32.2. The second-order valence-electron chi connectivity index (χ2n) is 18.9. The van der Waals surface area contributed by atoms with Crippen LogP contribution in [-0.2, 0) is 85.0 Å². The maximum Gasteiger partial charge on any atom is 0.333 e. The van der Waals surface area contributed by atoms with E-state index in [9.17, 15) is 30.6 Å². The minimum absolute atomic E-state index is 0.00733. The van der Waals surface area contributed by atoms with Gasteiger partial charge in [0.05, 0.1) is 19.5 Å². The highest BCUT2D eigenvalue weighted by Gasteiger charge is 2.69. The van der Waals surface area contributed by atoms with Crippen LogP contribution in [0.3, 0.4) is 0 Å². The van der Waals surface area contributed by atoms with Crippen molar-refractivity contribution in [1.82, 2.24) is 9.80 Å². The van der Waals surface area contributed by atoms with Crippen LogP contribution < -0.4 is 0 Å². The Hall–Kier alpha value is -9.72. The molecule has 2 fully saturated rings. The molecule has 2 aliphatic carbocycles. The molecule has 2 amide bonds. The molecule has 4 aliphatic rings. The Morgan fingerprint density at radius 1 is 0.459 bits per heavy atom. The molecule has 0 N–H and O–H groups in total. The molecule has 418 valence electrons. The van der Waals surface area contributed by atoms with Crippen molar-refractivity contribution in [2.75, 3.05) is 13.1 Å². The maximum absolute atomic E-state index is 16.1. The predicted octanol–water partition coefficient (Wildman–Crippen LogP) is 11.1. The molecule has 0 atom stereocenters. The van der Waals surface area contributed by atoms with Gasteiger partial charge in [-0.3, -0.25) is 38.6 Å². The average Bonchev–Trinajstić information content (AvgIpc) is 1.51. The van der Waals surface area contributed by atoms with Gasteiger partial charge >= 0.3 is 23.9 Å². The molecular weight excluding hydrogens is 1180 g/mol. The van der Waals surface area contributed by atoms with Gasteiger partial charge in [0.1, 0.15) is 70.8 Å². The Morgan fingerprint density at radius 2 is 0.753 bits per heavy atom. The van der Waals surface area contributed by atoms with Crippen molar-refractivity contribution in [3.05, 3.63) is 199 Å². The van der Waals surface area contributed by atoms with Gasteiger partial charge in [0.25, 0.3) is 11.8 Å². The summed E-state index contributed by atoms with van der Waals surface area (Å²) in [6, 6.07) is 45.1. The Bertz CT molecular complexity index is 3840. The van der Waals surface area contributed by atoms with Gasteiger partial charge in [0.15, 0.2) is 21.2 Å². The normalized spacial score (nSPS) is 15.7. The van der Waals surface area contributed by atoms with Crippen LogP contribution in [-0.4, -0.2) is 68.7 Å². The average molecular weight is 1220 g/mol. The summed E-state index contributed by atoms with van der Waals surface area (Å²) in [5.41, 5.74) is -4.08. The zero-order valence-corrected chi connectivity index (χ0v) is 48.7. The summed E-state index contributed by atoms with van der Waals surface area (Å²) in [5, 5.41) is 39.5. The summed E-state index contributed by atoms with van der Waals surface area (Å²) < 4.78 is 25.1. The smallest absolute Gasteiger partial charge is 0.333 e. The van der Waals surface area contributed by atoms with E-state index in [0.717, 1.165) is 57.5 Å². The van der Waals surface area contributed by atoms with Crippen LogP contribution in [0.15, 0.2) is 165 Å². The molecule has 0 radical (unpaired) electrons. The van der Waals surface area contributed by atoms with Crippen molar-refractivity contribution in [2.45, 2.75) is 51.1 Å². The highest BCUT2D eigenvalue weighted by molar-refractivity contribution is 8.20. The molecule has 0 bridgehead atoms. The number of benzene rings is 4. The molecular formula is C62H40N8O10S5. The first kappa shape index (κ1) is 57.1. The molecule has 0 saturated carbocycles.